The summed E-state index contributed by atoms with van der Waals surface area (Å²) < 4.78 is 0.440. The van der Waals surface area contributed by atoms with Crippen molar-refractivity contribution in [2.75, 3.05) is 4.90 Å². The molecule has 0 aromatic heterocycles. The highest BCUT2D eigenvalue weighted by atomic mass is 35.5. The van der Waals surface area contributed by atoms with Crippen LogP contribution in [0.25, 0.3) is 6.08 Å². The lowest BCUT2D eigenvalue weighted by Gasteiger charge is -2.14. The van der Waals surface area contributed by atoms with Crippen LogP contribution in [0.4, 0.5) is 5.69 Å². The van der Waals surface area contributed by atoms with Crippen molar-refractivity contribution in [3.63, 3.8) is 0 Å². The Morgan fingerprint density at radius 1 is 1.12 bits per heavy atom. The van der Waals surface area contributed by atoms with Crippen LogP contribution in [0.3, 0.4) is 0 Å². The highest BCUT2D eigenvalue weighted by Gasteiger charge is 2.33. The van der Waals surface area contributed by atoms with E-state index < -0.39 is 5.97 Å². The topological polar surface area (TPSA) is 57.6 Å². The number of thioether (sulfide) groups is 1. The van der Waals surface area contributed by atoms with Crippen LogP contribution < -0.4 is 4.90 Å². The van der Waals surface area contributed by atoms with Crippen molar-refractivity contribution in [3.05, 3.63) is 69.6 Å². The van der Waals surface area contributed by atoms with Gasteiger partial charge in [-0.3, -0.25) is 9.69 Å². The average Bonchev–Trinajstić information content (AvgIpc) is 2.83. The molecule has 120 valence electrons. The van der Waals surface area contributed by atoms with E-state index in [2.05, 4.69) is 0 Å². The van der Waals surface area contributed by atoms with Crippen LogP contribution in [0.2, 0.25) is 5.02 Å². The number of thiocarbonyl (C=S) groups is 1. The molecule has 4 nitrogen and oxygen atoms in total. The largest absolute Gasteiger partial charge is 0.478 e. The van der Waals surface area contributed by atoms with Gasteiger partial charge in [0.15, 0.2) is 4.32 Å². The highest BCUT2D eigenvalue weighted by molar-refractivity contribution is 8.27. The standard InChI is InChI=1S/C17H10ClNO3S2/c18-12-5-7-13(8-6-12)19-15(20)14(24-17(19)23)9-10-1-3-11(4-2-10)16(21)22/h1-9H,(H,21,22)/b14-9-. The molecule has 24 heavy (non-hydrogen) atoms. The van der Waals surface area contributed by atoms with Crippen molar-refractivity contribution >= 4 is 63.5 Å². The summed E-state index contributed by atoms with van der Waals surface area (Å²) in [5.74, 6) is -1.20. The second-order valence-corrected chi connectivity index (χ2v) is 7.03. The van der Waals surface area contributed by atoms with Crippen LogP contribution in [0, 0.1) is 0 Å². The Hall–Kier alpha value is -2.15. The number of benzene rings is 2. The SMILES string of the molecule is O=C(O)c1ccc(/C=C2\SC(=S)N(c3ccc(Cl)cc3)C2=O)cc1. The van der Waals surface area contributed by atoms with E-state index in [0.717, 1.165) is 5.56 Å². The van der Waals surface area contributed by atoms with Gasteiger partial charge in [0.1, 0.15) is 0 Å². The summed E-state index contributed by atoms with van der Waals surface area (Å²) in [6, 6.07) is 13.2. The summed E-state index contributed by atoms with van der Waals surface area (Å²) in [5.41, 5.74) is 1.59. The van der Waals surface area contributed by atoms with Crippen molar-refractivity contribution in [1.82, 2.24) is 0 Å². The highest BCUT2D eigenvalue weighted by Crippen LogP contribution is 2.36. The second-order valence-electron chi connectivity index (χ2n) is 4.92. The Balaban J connectivity index is 1.87. The molecule has 1 aliphatic rings. The minimum atomic E-state index is -0.990. The molecule has 0 spiro atoms. The number of carboxylic acid groups (broad SMARTS) is 1. The molecule has 0 saturated carbocycles. The normalized spacial score (nSPS) is 16.0. The van der Waals surface area contributed by atoms with Gasteiger partial charge in [-0.15, -0.1) is 0 Å². The van der Waals surface area contributed by atoms with Gasteiger partial charge >= 0.3 is 5.97 Å². The van der Waals surface area contributed by atoms with Crippen molar-refractivity contribution < 1.29 is 14.7 Å². The van der Waals surface area contributed by atoms with E-state index in [-0.39, 0.29) is 11.5 Å². The maximum absolute atomic E-state index is 12.6. The number of carbonyl (C=O) groups excluding carboxylic acids is 1. The molecule has 1 amide bonds. The molecule has 0 bridgehead atoms. The van der Waals surface area contributed by atoms with Gasteiger partial charge in [0.2, 0.25) is 0 Å². The fourth-order valence-electron chi connectivity index (χ4n) is 2.15. The first kappa shape index (κ1) is 16.7. The number of carbonyl (C=O) groups is 2. The fraction of sp³-hybridized carbons (Fsp3) is 0. The third-order valence-electron chi connectivity index (χ3n) is 3.33. The van der Waals surface area contributed by atoms with Gasteiger partial charge in [-0.25, -0.2) is 4.79 Å². The summed E-state index contributed by atoms with van der Waals surface area (Å²) >= 11 is 12.4. The predicted octanol–water partition coefficient (Wildman–Crippen LogP) is 4.44. The van der Waals surface area contributed by atoms with E-state index in [9.17, 15) is 9.59 Å². The number of hydrogen-bond acceptors (Lipinski definition) is 4. The van der Waals surface area contributed by atoms with Crippen LogP contribution in [0.5, 0.6) is 0 Å². The number of amides is 1. The monoisotopic (exact) mass is 375 g/mol. The molecule has 7 heteroatoms. The minimum absolute atomic E-state index is 0.195. The summed E-state index contributed by atoms with van der Waals surface area (Å²) in [5, 5.41) is 9.49. The van der Waals surface area contributed by atoms with Crippen LogP contribution in [0.1, 0.15) is 15.9 Å². The molecule has 0 radical (unpaired) electrons. The number of hydrogen-bond donors (Lipinski definition) is 1. The van der Waals surface area contributed by atoms with E-state index in [4.69, 9.17) is 28.9 Å². The zero-order chi connectivity index (χ0) is 17.3. The smallest absolute Gasteiger partial charge is 0.335 e. The fourth-order valence-corrected chi connectivity index (χ4v) is 3.58. The zero-order valence-corrected chi connectivity index (χ0v) is 14.5. The van der Waals surface area contributed by atoms with Crippen molar-refractivity contribution in [2.24, 2.45) is 0 Å². The van der Waals surface area contributed by atoms with Crippen LogP contribution in [-0.2, 0) is 4.79 Å². The predicted molar refractivity (Wildman–Crippen MR) is 101 cm³/mol. The van der Waals surface area contributed by atoms with Gasteiger partial charge in [0.05, 0.1) is 16.2 Å². The first-order valence-electron chi connectivity index (χ1n) is 6.82. The second kappa shape index (κ2) is 6.76. The molecule has 3 rings (SSSR count). The molecular weight excluding hydrogens is 366 g/mol. The Labute approximate surface area is 152 Å². The van der Waals surface area contributed by atoms with Crippen LogP contribution in [-0.4, -0.2) is 21.3 Å². The van der Waals surface area contributed by atoms with Gasteiger partial charge in [-0.1, -0.05) is 47.7 Å². The molecule has 1 fully saturated rings. The molecule has 1 aliphatic heterocycles. The molecule has 2 aromatic rings. The Bertz CT molecular complexity index is 860. The average molecular weight is 376 g/mol. The third kappa shape index (κ3) is 3.36. The van der Waals surface area contributed by atoms with Crippen molar-refractivity contribution in [2.45, 2.75) is 0 Å². The maximum atomic E-state index is 12.6. The molecule has 0 atom stereocenters. The van der Waals surface area contributed by atoms with Crippen LogP contribution >= 0.6 is 35.6 Å². The number of nitrogens with zero attached hydrogens (tertiary/aromatic N) is 1. The van der Waals surface area contributed by atoms with Gasteiger partial charge in [0.25, 0.3) is 5.91 Å². The molecule has 1 saturated heterocycles. The Morgan fingerprint density at radius 2 is 1.75 bits per heavy atom. The molecule has 0 aliphatic carbocycles. The summed E-state index contributed by atoms with van der Waals surface area (Å²) in [4.78, 5) is 25.4. The van der Waals surface area contributed by atoms with Gasteiger partial charge < -0.3 is 5.11 Å². The molecule has 2 aromatic carbocycles. The van der Waals surface area contributed by atoms with Gasteiger partial charge in [0, 0.05) is 5.02 Å². The zero-order valence-electron chi connectivity index (χ0n) is 12.1. The van der Waals surface area contributed by atoms with Gasteiger partial charge in [-0.2, -0.15) is 0 Å². The summed E-state index contributed by atoms with van der Waals surface area (Å²) in [7, 11) is 0. The van der Waals surface area contributed by atoms with E-state index in [1.54, 1.807) is 42.5 Å². The minimum Gasteiger partial charge on any atom is -0.478 e. The van der Waals surface area contributed by atoms with Crippen molar-refractivity contribution in [3.8, 4) is 0 Å². The summed E-state index contributed by atoms with van der Waals surface area (Å²) in [6.07, 6.45) is 1.70. The Morgan fingerprint density at radius 3 is 2.33 bits per heavy atom. The number of carboxylic acids is 1. The van der Waals surface area contributed by atoms with Crippen LogP contribution in [0.15, 0.2) is 53.4 Å². The first-order valence-corrected chi connectivity index (χ1v) is 8.43. The lowest BCUT2D eigenvalue weighted by molar-refractivity contribution is -0.113. The third-order valence-corrected chi connectivity index (χ3v) is 4.89. The quantitative estimate of drug-likeness (QED) is 0.634. The number of halogens is 1. The molecule has 1 N–H and O–H groups in total. The Kier molecular flexibility index (Phi) is 4.71. The maximum Gasteiger partial charge on any atom is 0.335 e. The van der Waals surface area contributed by atoms with E-state index in [1.807, 2.05) is 0 Å². The molecule has 0 unspecified atom stereocenters. The van der Waals surface area contributed by atoms with E-state index in [0.29, 0.717) is 19.9 Å². The van der Waals surface area contributed by atoms with Crippen molar-refractivity contribution in [1.29, 1.82) is 0 Å². The van der Waals surface area contributed by atoms with E-state index in [1.165, 1.54) is 28.8 Å². The lowest BCUT2D eigenvalue weighted by Crippen LogP contribution is -2.27. The lowest BCUT2D eigenvalue weighted by atomic mass is 10.1. The molecule has 1 heterocycles. The number of anilines is 1. The van der Waals surface area contributed by atoms with Gasteiger partial charge in [-0.05, 0) is 48.0 Å². The summed E-state index contributed by atoms with van der Waals surface area (Å²) in [6.45, 7) is 0. The number of rotatable bonds is 3. The van der Waals surface area contributed by atoms with E-state index >= 15 is 0 Å². The number of aromatic carboxylic acids is 1. The molecular formula is C17H10ClNO3S2. The first-order chi connectivity index (χ1) is 11.5.